The van der Waals surface area contributed by atoms with E-state index in [1.54, 1.807) is 0 Å². The van der Waals surface area contributed by atoms with Gasteiger partial charge in [-0.2, -0.15) is 8.78 Å². The molecule has 3 rings (SSSR count). The fourth-order valence-corrected chi connectivity index (χ4v) is 3.65. The average molecular weight is 462 g/mol. The van der Waals surface area contributed by atoms with Gasteiger partial charge in [0.15, 0.2) is 0 Å². The molecule has 1 aliphatic carbocycles. The molecule has 3 N–H and O–H groups in total. The zero-order valence-corrected chi connectivity index (χ0v) is 17.8. The molecule has 0 radical (unpaired) electrons. The molecule has 10 heteroatoms. The van der Waals surface area contributed by atoms with Crippen molar-refractivity contribution in [1.29, 1.82) is 0 Å². The first-order valence-corrected chi connectivity index (χ1v) is 10.2. The molecular weight excluding hydrogens is 438 g/mol. The Bertz CT molecular complexity index is 984. The Labute approximate surface area is 188 Å². The molecule has 0 fully saturated rings. The molecule has 0 aliphatic heterocycles. The van der Waals surface area contributed by atoms with E-state index < -0.39 is 36.5 Å². The van der Waals surface area contributed by atoms with Crippen LogP contribution in [0, 0.1) is 0 Å². The first-order valence-electron chi connectivity index (χ1n) is 10.2. The molecule has 1 atom stereocenters. The van der Waals surface area contributed by atoms with Gasteiger partial charge in [-0.1, -0.05) is 48.5 Å². The van der Waals surface area contributed by atoms with Crippen LogP contribution in [0.4, 0.5) is 13.6 Å². The van der Waals surface area contributed by atoms with Gasteiger partial charge in [0.05, 0.1) is 19.1 Å². The van der Waals surface area contributed by atoms with E-state index in [1.165, 1.54) is 7.11 Å². The number of aliphatic carboxylic acids is 1. The lowest BCUT2D eigenvalue weighted by Gasteiger charge is -2.18. The summed E-state index contributed by atoms with van der Waals surface area (Å²) < 4.78 is 36.6. The van der Waals surface area contributed by atoms with E-state index in [4.69, 9.17) is 14.6 Å². The summed E-state index contributed by atoms with van der Waals surface area (Å²) in [5.41, 5.74) is 4.33. The van der Waals surface area contributed by atoms with E-state index in [-0.39, 0.29) is 25.5 Å². The van der Waals surface area contributed by atoms with E-state index in [2.05, 4.69) is 5.32 Å². The molecule has 33 heavy (non-hydrogen) atoms. The number of carbonyl (C=O) groups excluding carboxylic acids is 2. The van der Waals surface area contributed by atoms with Crippen molar-refractivity contribution in [2.75, 3.05) is 26.8 Å². The van der Waals surface area contributed by atoms with Gasteiger partial charge in [0.1, 0.15) is 6.61 Å². The maximum atomic E-state index is 13.1. The number of hydrogen-bond donors (Lipinski definition) is 3. The molecule has 1 aliphatic rings. The molecule has 2 amide bonds. The molecule has 0 saturated carbocycles. The number of alkyl carbamates (subject to hydrolysis) is 1. The molecule has 0 spiro atoms. The van der Waals surface area contributed by atoms with Gasteiger partial charge in [0, 0.05) is 19.6 Å². The summed E-state index contributed by atoms with van der Waals surface area (Å²) in [4.78, 5) is 34.4. The van der Waals surface area contributed by atoms with Crippen LogP contribution < -0.4 is 10.6 Å². The van der Waals surface area contributed by atoms with Crippen molar-refractivity contribution < 1.29 is 37.7 Å². The Balaban J connectivity index is 1.48. The summed E-state index contributed by atoms with van der Waals surface area (Å²) in [6, 6.07) is 15.8. The van der Waals surface area contributed by atoms with Crippen molar-refractivity contribution in [2.45, 2.75) is 24.4 Å². The number of alkyl halides is 2. The highest BCUT2D eigenvalue weighted by Gasteiger charge is 2.39. The molecule has 0 aromatic heterocycles. The first kappa shape index (κ1) is 24.1. The van der Waals surface area contributed by atoms with Gasteiger partial charge < -0.3 is 25.2 Å². The lowest BCUT2D eigenvalue weighted by Crippen LogP contribution is -2.44. The fraction of sp³-hybridized carbons (Fsp3) is 0.348. The predicted octanol–water partition coefficient (Wildman–Crippen LogP) is 2.77. The number of ether oxygens (including phenoxy) is 2. The fourth-order valence-electron chi connectivity index (χ4n) is 3.65. The van der Waals surface area contributed by atoms with Crippen LogP contribution in [0.15, 0.2) is 48.5 Å². The molecule has 0 bridgehead atoms. The standard InChI is InChI=1S/C23H24F2N2O6/c1-32-14(10-20(28)27-13-23(24,25)21(29)30)11-26-22(31)33-12-19-17-8-4-2-6-15(17)16-7-3-5-9-18(16)19/h2-9,14,19H,10-13H2,1H3,(H,26,31)(H,27,28)(H,29,30). The highest BCUT2D eigenvalue weighted by molar-refractivity contribution is 5.80. The highest BCUT2D eigenvalue weighted by atomic mass is 19.3. The third-order valence-electron chi connectivity index (χ3n) is 5.38. The van der Waals surface area contributed by atoms with E-state index in [0.717, 1.165) is 22.3 Å². The van der Waals surface area contributed by atoms with Crippen LogP contribution in [0.2, 0.25) is 0 Å². The summed E-state index contributed by atoms with van der Waals surface area (Å²) in [7, 11) is 1.29. The quantitative estimate of drug-likeness (QED) is 0.500. The summed E-state index contributed by atoms with van der Waals surface area (Å²) >= 11 is 0. The zero-order valence-electron chi connectivity index (χ0n) is 17.8. The number of methoxy groups -OCH3 is 1. The van der Waals surface area contributed by atoms with Crippen LogP contribution in [-0.2, 0) is 19.1 Å². The number of benzene rings is 2. The molecule has 0 saturated heterocycles. The largest absolute Gasteiger partial charge is 0.477 e. The summed E-state index contributed by atoms with van der Waals surface area (Å²) in [5, 5.41) is 12.7. The number of nitrogens with one attached hydrogen (secondary N) is 2. The van der Waals surface area contributed by atoms with E-state index in [0.29, 0.717) is 0 Å². The third-order valence-corrected chi connectivity index (χ3v) is 5.38. The maximum Gasteiger partial charge on any atom is 0.407 e. The van der Waals surface area contributed by atoms with Crippen molar-refractivity contribution in [1.82, 2.24) is 10.6 Å². The molecular formula is C23H24F2N2O6. The predicted molar refractivity (Wildman–Crippen MR) is 114 cm³/mol. The van der Waals surface area contributed by atoms with Crippen LogP contribution in [-0.4, -0.2) is 61.9 Å². The van der Waals surface area contributed by atoms with Crippen LogP contribution in [0.25, 0.3) is 11.1 Å². The Morgan fingerprint density at radius 1 is 1.03 bits per heavy atom. The SMILES string of the molecule is COC(CNC(=O)OCC1c2ccccc2-c2ccccc21)CC(=O)NCC(F)(F)C(=O)O. The zero-order chi connectivity index (χ0) is 24.0. The molecule has 2 aromatic rings. The number of fused-ring (bicyclic) bond motifs is 3. The summed E-state index contributed by atoms with van der Waals surface area (Å²) in [6.45, 7) is -1.32. The van der Waals surface area contributed by atoms with E-state index >= 15 is 0 Å². The second-order valence-corrected chi connectivity index (χ2v) is 7.55. The van der Waals surface area contributed by atoms with Gasteiger partial charge in [-0.15, -0.1) is 0 Å². The number of carbonyl (C=O) groups is 3. The van der Waals surface area contributed by atoms with Crippen molar-refractivity contribution in [3.05, 3.63) is 59.7 Å². The van der Waals surface area contributed by atoms with Crippen LogP contribution in [0.1, 0.15) is 23.5 Å². The summed E-state index contributed by atoms with van der Waals surface area (Å²) in [6.07, 6.45) is -1.88. The minimum absolute atomic E-state index is 0.101. The van der Waals surface area contributed by atoms with Gasteiger partial charge in [-0.25, -0.2) is 9.59 Å². The molecule has 176 valence electrons. The lowest BCUT2D eigenvalue weighted by atomic mass is 9.98. The van der Waals surface area contributed by atoms with E-state index in [1.807, 2.05) is 53.8 Å². The topological polar surface area (TPSA) is 114 Å². The Kier molecular flexibility index (Phi) is 7.59. The second-order valence-electron chi connectivity index (χ2n) is 7.55. The second kappa shape index (κ2) is 10.4. The van der Waals surface area contributed by atoms with E-state index in [9.17, 15) is 23.2 Å². The number of amides is 2. The number of carboxylic acid groups (broad SMARTS) is 1. The molecule has 8 nitrogen and oxygen atoms in total. The normalized spacial score (nSPS) is 13.5. The Morgan fingerprint density at radius 2 is 1.61 bits per heavy atom. The lowest BCUT2D eigenvalue weighted by molar-refractivity contribution is -0.164. The van der Waals surface area contributed by atoms with Gasteiger partial charge in [-0.3, -0.25) is 4.79 Å². The van der Waals surface area contributed by atoms with Crippen molar-refractivity contribution >= 4 is 18.0 Å². The minimum Gasteiger partial charge on any atom is -0.477 e. The van der Waals surface area contributed by atoms with Crippen LogP contribution in [0.3, 0.4) is 0 Å². The average Bonchev–Trinajstić information content (AvgIpc) is 3.12. The Hall–Kier alpha value is -3.53. The molecule has 2 aromatic carbocycles. The van der Waals surface area contributed by atoms with Gasteiger partial charge in [-0.05, 0) is 22.3 Å². The van der Waals surface area contributed by atoms with Gasteiger partial charge in [0.2, 0.25) is 5.91 Å². The minimum atomic E-state index is -4.07. The van der Waals surface area contributed by atoms with Crippen LogP contribution in [0.5, 0.6) is 0 Å². The van der Waals surface area contributed by atoms with Crippen LogP contribution >= 0.6 is 0 Å². The first-order chi connectivity index (χ1) is 15.7. The van der Waals surface area contributed by atoms with Gasteiger partial charge in [0.25, 0.3) is 0 Å². The number of hydrogen-bond acceptors (Lipinski definition) is 5. The number of halogens is 2. The summed E-state index contributed by atoms with van der Waals surface area (Å²) in [5.74, 6) is -7.35. The van der Waals surface area contributed by atoms with Crippen molar-refractivity contribution in [3.63, 3.8) is 0 Å². The monoisotopic (exact) mass is 462 g/mol. The molecule has 0 heterocycles. The van der Waals surface area contributed by atoms with Gasteiger partial charge >= 0.3 is 18.0 Å². The number of rotatable bonds is 10. The van der Waals surface area contributed by atoms with Crippen molar-refractivity contribution in [3.8, 4) is 11.1 Å². The Morgan fingerprint density at radius 3 is 2.15 bits per heavy atom. The maximum absolute atomic E-state index is 13.1. The third kappa shape index (κ3) is 5.83. The van der Waals surface area contributed by atoms with Crippen molar-refractivity contribution in [2.24, 2.45) is 0 Å². The smallest absolute Gasteiger partial charge is 0.407 e. The number of carboxylic acids is 1. The highest BCUT2D eigenvalue weighted by Crippen LogP contribution is 2.44. The molecule has 1 unspecified atom stereocenters.